The highest BCUT2D eigenvalue weighted by molar-refractivity contribution is 5.78. The Balaban J connectivity index is 1.77. The zero-order chi connectivity index (χ0) is 18.8. The van der Waals surface area contributed by atoms with Gasteiger partial charge in [0.25, 0.3) is 0 Å². The molecule has 0 bridgehead atoms. The molecule has 0 spiro atoms. The van der Waals surface area contributed by atoms with Gasteiger partial charge in [0.2, 0.25) is 5.91 Å². The van der Waals surface area contributed by atoms with E-state index >= 15 is 0 Å². The van der Waals surface area contributed by atoms with Gasteiger partial charge in [0, 0.05) is 17.9 Å². The Morgan fingerprint density at radius 3 is 2.54 bits per heavy atom. The van der Waals surface area contributed by atoms with Crippen molar-refractivity contribution in [1.29, 1.82) is 0 Å². The Morgan fingerprint density at radius 2 is 1.96 bits per heavy atom. The number of nitrogens with one attached hydrogen (secondary N) is 2. The molecule has 2 fully saturated rings. The summed E-state index contributed by atoms with van der Waals surface area (Å²) in [6.45, 7) is 4.05. The van der Waals surface area contributed by atoms with Crippen LogP contribution in [0.25, 0.3) is 0 Å². The summed E-state index contributed by atoms with van der Waals surface area (Å²) >= 11 is 0. The zero-order valence-corrected chi connectivity index (χ0v) is 15.2. The van der Waals surface area contributed by atoms with E-state index in [1.54, 1.807) is 6.07 Å². The van der Waals surface area contributed by atoms with E-state index in [0.717, 1.165) is 51.3 Å². The van der Waals surface area contributed by atoms with Crippen LogP contribution >= 0.6 is 0 Å². The van der Waals surface area contributed by atoms with Gasteiger partial charge >= 0.3 is 6.18 Å². The average Bonchev–Trinajstić information content (AvgIpc) is 2.58. The van der Waals surface area contributed by atoms with Gasteiger partial charge < -0.3 is 10.6 Å². The Hall–Kier alpha value is -1.56. The lowest BCUT2D eigenvalue weighted by Gasteiger charge is -2.39. The molecule has 1 aliphatic heterocycles. The topological polar surface area (TPSA) is 41.1 Å². The van der Waals surface area contributed by atoms with E-state index in [0.29, 0.717) is 18.0 Å². The molecule has 26 heavy (non-hydrogen) atoms. The molecule has 1 heterocycles. The summed E-state index contributed by atoms with van der Waals surface area (Å²) in [5.41, 5.74) is -0.308. The monoisotopic (exact) mass is 368 g/mol. The molecule has 6 heteroatoms. The SMILES string of the molecule is CC(C(=O)NCC1(c2cccc(C(F)(F)F)c2)CCCCC1)C1CNC1. The van der Waals surface area contributed by atoms with Gasteiger partial charge in [0.15, 0.2) is 0 Å². The van der Waals surface area contributed by atoms with E-state index in [2.05, 4.69) is 10.6 Å². The maximum Gasteiger partial charge on any atom is 0.416 e. The molecular weight excluding hydrogens is 341 g/mol. The summed E-state index contributed by atoms with van der Waals surface area (Å²) in [5, 5.41) is 6.22. The summed E-state index contributed by atoms with van der Waals surface area (Å²) < 4.78 is 39.4. The highest BCUT2D eigenvalue weighted by Crippen LogP contribution is 2.41. The normalized spacial score (nSPS) is 21.7. The first kappa shape index (κ1) is 19.2. The molecular formula is C20H27F3N2O. The molecule has 0 aromatic heterocycles. The molecule has 3 rings (SSSR count). The van der Waals surface area contributed by atoms with E-state index in [4.69, 9.17) is 0 Å². The minimum Gasteiger partial charge on any atom is -0.355 e. The first-order chi connectivity index (χ1) is 12.3. The molecule has 1 aromatic carbocycles. The van der Waals surface area contributed by atoms with Gasteiger partial charge in [-0.25, -0.2) is 0 Å². The van der Waals surface area contributed by atoms with Crippen molar-refractivity contribution < 1.29 is 18.0 Å². The predicted octanol–water partition coefficient (Wildman–Crippen LogP) is 3.88. The Bertz CT molecular complexity index is 634. The number of rotatable bonds is 5. The standard InChI is InChI=1S/C20H27F3N2O/c1-14(15-11-24-12-15)18(26)25-13-19(8-3-2-4-9-19)16-6-5-7-17(10-16)20(21,22)23/h5-7,10,14-15,24H,2-4,8-9,11-13H2,1H3,(H,25,26). The van der Waals surface area contributed by atoms with E-state index in [9.17, 15) is 18.0 Å². The van der Waals surface area contributed by atoms with E-state index in [1.807, 2.05) is 6.92 Å². The van der Waals surface area contributed by atoms with Crippen LogP contribution in [0.3, 0.4) is 0 Å². The van der Waals surface area contributed by atoms with Crippen LogP contribution in [0.5, 0.6) is 0 Å². The zero-order valence-electron chi connectivity index (χ0n) is 15.2. The maximum atomic E-state index is 13.1. The largest absolute Gasteiger partial charge is 0.416 e. The third-order valence-corrected chi connectivity index (χ3v) is 6.15. The number of hydrogen-bond acceptors (Lipinski definition) is 2. The van der Waals surface area contributed by atoms with Gasteiger partial charge in [0.1, 0.15) is 0 Å². The van der Waals surface area contributed by atoms with Gasteiger partial charge in [-0.15, -0.1) is 0 Å². The second-order valence-electron chi connectivity index (χ2n) is 7.84. The number of carbonyl (C=O) groups excluding carboxylic acids is 1. The summed E-state index contributed by atoms with van der Waals surface area (Å²) in [6.07, 6.45) is 0.337. The molecule has 1 saturated carbocycles. The molecule has 1 amide bonds. The van der Waals surface area contributed by atoms with Crippen molar-refractivity contribution in [3.8, 4) is 0 Å². The molecule has 2 aliphatic rings. The van der Waals surface area contributed by atoms with Crippen molar-refractivity contribution in [3.63, 3.8) is 0 Å². The summed E-state index contributed by atoms with van der Waals surface area (Å²) in [7, 11) is 0. The van der Waals surface area contributed by atoms with Gasteiger partial charge in [-0.2, -0.15) is 13.2 Å². The van der Waals surface area contributed by atoms with Crippen LogP contribution in [-0.2, 0) is 16.4 Å². The highest BCUT2D eigenvalue weighted by Gasteiger charge is 2.38. The number of alkyl halides is 3. The number of carbonyl (C=O) groups is 1. The smallest absolute Gasteiger partial charge is 0.355 e. The van der Waals surface area contributed by atoms with E-state index in [-0.39, 0.29) is 11.8 Å². The van der Waals surface area contributed by atoms with Gasteiger partial charge in [-0.3, -0.25) is 4.79 Å². The van der Waals surface area contributed by atoms with Crippen molar-refractivity contribution in [1.82, 2.24) is 10.6 Å². The number of halogens is 3. The number of amides is 1. The maximum absolute atomic E-state index is 13.1. The van der Waals surface area contributed by atoms with Gasteiger partial charge in [-0.1, -0.05) is 44.4 Å². The molecule has 1 unspecified atom stereocenters. The van der Waals surface area contributed by atoms with E-state index in [1.165, 1.54) is 12.1 Å². The second kappa shape index (κ2) is 7.59. The molecule has 1 atom stereocenters. The fraction of sp³-hybridized carbons (Fsp3) is 0.650. The van der Waals surface area contributed by atoms with Crippen molar-refractivity contribution in [2.24, 2.45) is 11.8 Å². The van der Waals surface area contributed by atoms with Crippen molar-refractivity contribution >= 4 is 5.91 Å². The fourth-order valence-electron chi connectivity index (χ4n) is 4.12. The van der Waals surface area contributed by atoms with Crippen LogP contribution in [0.4, 0.5) is 13.2 Å². The minimum atomic E-state index is -4.35. The molecule has 144 valence electrons. The average molecular weight is 368 g/mol. The molecule has 2 N–H and O–H groups in total. The van der Waals surface area contributed by atoms with E-state index < -0.39 is 17.2 Å². The van der Waals surface area contributed by atoms with Crippen molar-refractivity contribution in [2.45, 2.75) is 50.6 Å². The molecule has 1 aromatic rings. The molecule has 1 saturated heterocycles. The molecule has 0 radical (unpaired) electrons. The molecule has 3 nitrogen and oxygen atoms in total. The van der Waals surface area contributed by atoms with Crippen LogP contribution in [0, 0.1) is 11.8 Å². The predicted molar refractivity (Wildman–Crippen MR) is 94.7 cm³/mol. The third-order valence-electron chi connectivity index (χ3n) is 6.15. The lowest BCUT2D eigenvalue weighted by molar-refractivity contribution is -0.137. The van der Waals surface area contributed by atoms with Gasteiger partial charge in [-0.05, 0) is 43.5 Å². The quantitative estimate of drug-likeness (QED) is 0.828. The van der Waals surface area contributed by atoms with Crippen LogP contribution in [0.1, 0.15) is 50.2 Å². The fourth-order valence-corrected chi connectivity index (χ4v) is 4.12. The van der Waals surface area contributed by atoms with Crippen LogP contribution < -0.4 is 10.6 Å². The summed E-state index contributed by atoms with van der Waals surface area (Å²) in [6, 6.07) is 5.66. The first-order valence-electron chi connectivity index (χ1n) is 9.48. The number of benzene rings is 1. The highest BCUT2D eigenvalue weighted by atomic mass is 19.4. The van der Waals surface area contributed by atoms with Gasteiger partial charge in [0.05, 0.1) is 5.56 Å². The summed E-state index contributed by atoms with van der Waals surface area (Å²) in [4.78, 5) is 12.5. The lowest BCUT2D eigenvalue weighted by Crippen LogP contribution is -2.51. The summed E-state index contributed by atoms with van der Waals surface area (Å²) in [5.74, 6) is 0.290. The second-order valence-corrected chi connectivity index (χ2v) is 7.84. The first-order valence-corrected chi connectivity index (χ1v) is 9.48. The van der Waals surface area contributed by atoms with Crippen LogP contribution in [0.2, 0.25) is 0 Å². The minimum absolute atomic E-state index is 0.00780. The van der Waals surface area contributed by atoms with Crippen molar-refractivity contribution in [2.75, 3.05) is 19.6 Å². The Kier molecular flexibility index (Phi) is 5.61. The van der Waals surface area contributed by atoms with Crippen molar-refractivity contribution in [3.05, 3.63) is 35.4 Å². The third kappa shape index (κ3) is 4.05. The molecule has 1 aliphatic carbocycles. The Labute approximate surface area is 152 Å². The number of hydrogen-bond donors (Lipinski definition) is 2. The lowest BCUT2D eigenvalue weighted by atomic mass is 9.69. The van der Waals surface area contributed by atoms with Crippen LogP contribution in [-0.4, -0.2) is 25.5 Å². The van der Waals surface area contributed by atoms with Crippen LogP contribution in [0.15, 0.2) is 24.3 Å². The Morgan fingerprint density at radius 1 is 1.27 bits per heavy atom.